The molecule has 114 valence electrons. The van der Waals surface area contributed by atoms with Crippen LogP contribution in [0.2, 0.25) is 0 Å². The average Bonchev–Trinajstić information content (AvgIpc) is 2.72. The number of hydrogen-bond acceptors (Lipinski definition) is 4. The van der Waals surface area contributed by atoms with E-state index in [0.29, 0.717) is 17.9 Å². The number of unbranched alkanes of at least 4 members (excludes halogenated alkanes) is 3. The zero-order valence-electron chi connectivity index (χ0n) is 12.7. The summed E-state index contributed by atoms with van der Waals surface area (Å²) in [6, 6.07) is 0. The summed E-state index contributed by atoms with van der Waals surface area (Å²) in [5, 5.41) is 7.18. The van der Waals surface area contributed by atoms with Gasteiger partial charge in [-0.3, -0.25) is 9.48 Å². The van der Waals surface area contributed by atoms with Gasteiger partial charge in [0.25, 0.3) is 5.91 Å². The van der Waals surface area contributed by atoms with Crippen LogP contribution in [0.4, 0.5) is 5.69 Å². The number of carbonyl (C=O) groups excluding carboxylic acids is 1. The van der Waals surface area contributed by atoms with Crippen molar-refractivity contribution in [1.82, 2.24) is 15.1 Å². The number of nitrogens with one attached hydrogen (secondary N) is 1. The number of amides is 1. The molecule has 1 aromatic rings. The van der Waals surface area contributed by atoms with Crippen molar-refractivity contribution in [3.63, 3.8) is 0 Å². The molecule has 0 bridgehead atoms. The van der Waals surface area contributed by atoms with E-state index in [-0.39, 0.29) is 5.91 Å². The summed E-state index contributed by atoms with van der Waals surface area (Å²) in [7, 11) is 1.76. The number of nitrogens with two attached hydrogens (primary N) is 1. The van der Waals surface area contributed by atoms with Crippen molar-refractivity contribution in [3.8, 4) is 0 Å². The van der Waals surface area contributed by atoms with Gasteiger partial charge in [0.05, 0.1) is 11.4 Å². The first-order valence-electron chi connectivity index (χ1n) is 7.20. The van der Waals surface area contributed by atoms with Crippen molar-refractivity contribution in [2.24, 2.45) is 7.05 Å². The van der Waals surface area contributed by atoms with Crippen molar-refractivity contribution in [1.29, 1.82) is 0 Å². The topological polar surface area (TPSA) is 72.9 Å². The monoisotopic (exact) mass is 298 g/mol. The van der Waals surface area contributed by atoms with Crippen LogP contribution in [0.1, 0.15) is 48.8 Å². The minimum Gasteiger partial charge on any atom is -0.395 e. The molecule has 0 aliphatic heterocycles. The fourth-order valence-electron chi connectivity index (χ4n) is 2.14. The maximum atomic E-state index is 12.1. The Bertz CT molecular complexity index is 431. The van der Waals surface area contributed by atoms with Gasteiger partial charge in [-0.15, -0.1) is 0 Å². The van der Waals surface area contributed by atoms with Gasteiger partial charge in [-0.05, 0) is 31.3 Å². The minimum absolute atomic E-state index is 0.124. The second-order valence-corrected chi connectivity index (χ2v) is 5.83. The average molecular weight is 298 g/mol. The number of hydrogen-bond donors (Lipinski definition) is 2. The summed E-state index contributed by atoms with van der Waals surface area (Å²) in [6.45, 7) is 2.68. The van der Waals surface area contributed by atoms with Gasteiger partial charge >= 0.3 is 0 Å². The molecule has 0 saturated heterocycles. The Hall–Kier alpha value is -1.17. The molecule has 0 unspecified atom stereocenters. The first-order valence-corrected chi connectivity index (χ1v) is 8.59. The number of carbonyl (C=O) groups is 1. The number of aryl methyl sites for hydroxylation is 2. The molecule has 0 saturated carbocycles. The van der Waals surface area contributed by atoms with Crippen LogP contribution >= 0.6 is 11.8 Å². The Labute approximate surface area is 125 Å². The van der Waals surface area contributed by atoms with E-state index in [0.717, 1.165) is 25.0 Å². The molecule has 0 atom stereocenters. The molecule has 0 fully saturated rings. The second kappa shape index (κ2) is 8.89. The third-order valence-electron chi connectivity index (χ3n) is 3.27. The minimum atomic E-state index is -0.124. The van der Waals surface area contributed by atoms with Crippen molar-refractivity contribution < 1.29 is 4.79 Å². The van der Waals surface area contributed by atoms with Crippen LogP contribution in [0.25, 0.3) is 0 Å². The van der Waals surface area contributed by atoms with E-state index in [1.54, 1.807) is 11.7 Å². The largest absolute Gasteiger partial charge is 0.395 e. The predicted molar refractivity (Wildman–Crippen MR) is 86.2 cm³/mol. The van der Waals surface area contributed by atoms with Crippen LogP contribution in [-0.2, 0) is 13.5 Å². The van der Waals surface area contributed by atoms with Crippen LogP contribution in [0.15, 0.2) is 0 Å². The predicted octanol–water partition coefficient (Wildman–Crippen LogP) is 2.22. The highest BCUT2D eigenvalue weighted by Crippen LogP contribution is 2.16. The van der Waals surface area contributed by atoms with Gasteiger partial charge in [0.2, 0.25) is 0 Å². The van der Waals surface area contributed by atoms with Crippen LogP contribution in [0.3, 0.4) is 0 Å². The third kappa shape index (κ3) is 4.74. The number of thioether (sulfide) groups is 1. The van der Waals surface area contributed by atoms with E-state index in [9.17, 15) is 4.79 Å². The van der Waals surface area contributed by atoms with Crippen LogP contribution in [0.5, 0.6) is 0 Å². The molecule has 5 nitrogen and oxygen atoms in total. The van der Waals surface area contributed by atoms with E-state index in [2.05, 4.69) is 16.7 Å². The fourth-order valence-corrected chi connectivity index (χ4v) is 2.63. The third-order valence-corrected chi connectivity index (χ3v) is 3.97. The van der Waals surface area contributed by atoms with E-state index in [4.69, 9.17) is 5.73 Å². The van der Waals surface area contributed by atoms with E-state index >= 15 is 0 Å². The molecule has 1 amide bonds. The summed E-state index contributed by atoms with van der Waals surface area (Å²) in [5.74, 6) is 1.10. The zero-order valence-corrected chi connectivity index (χ0v) is 13.6. The molecule has 0 aliphatic carbocycles. The molecular formula is C14H26N4OS. The summed E-state index contributed by atoms with van der Waals surface area (Å²) in [5.41, 5.74) is 7.72. The lowest BCUT2D eigenvalue weighted by Gasteiger charge is -2.06. The zero-order chi connectivity index (χ0) is 15.0. The van der Waals surface area contributed by atoms with Crippen LogP contribution in [-0.4, -0.2) is 34.2 Å². The smallest absolute Gasteiger partial charge is 0.271 e. The Morgan fingerprint density at radius 3 is 2.65 bits per heavy atom. The first kappa shape index (κ1) is 16.9. The number of rotatable bonds is 9. The van der Waals surface area contributed by atoms with Gasteiger partial charge < -0.3 is 11.1 Å². The van der Waals surface area contributed by atoms with Gasteiger partial charge in [-0.1, -0.05) is 19.8 Å². The Balaban J connectivity index is 2.35. The summed E-state index contributed by atoms with van der Waals surface area (Å²) in [6.07, 6.45) is 7.51. The fraction of sp³-hybridized carbons (Fsp3) is 0.714. The lowest BCUT2D eigenvalue weighted by molar-refractivity contribution is 0.0944. The molecule has 20 heavy (non-hydrogen) atoms. The van der Waals surface area contributed by atoms with Gasteiger partial charge in [0.15, 0.2) is 0 Å². The van der Waals surface area contributed by atoms with Crippen molar-refractivity contribution in [2.75, 3.05) is 24.3 Å². The Kier molecular flexibility index (Phi) is 7.51. The van der Waals surface area contributed by atoms with Crippen molar-refractivity contribution in [3.05, 3.63) is 11.4 Å². The van der Waals surface area contributed by atoms with Gasteiger partial charge in [0, 0.05) is 13.6 Å². The molecule has 0 aliphatic rings. The standard InChI is InChI=1S/C14H26N4OS/c1-4-11-12(15)13(18(2)17-11)14(19)16-9-7-5-6-8-10-20-3/h4-10,15H2,1-3H3,(H,16,19). The van der Waals surface area contributed by atoms with E-state index in [1.807, 2.05) is 18.7 Å². The Morgan fingerprint density at radius 2 is 2.05 bits per heavy atom. The van der Waals surface area contributed by atoms with Gasteiger partial charge in [0.1, 0.15) is 5.69 Å². The Morgan fingerprint density at radius 1 is 1.35 bits per heavy atom. The molecule has 0 aromatic carbocycles. The number of nitrogens with zero attached hydrogens (tertiary/aromatic N) is 2. The molecule has 0 radical (unpaired) electrons. The molecular weight excluding hydrogens is 272 g/mol. The van der Waals surface area contributed by atoms with Crippen molar-refractivity contribution >= 4 is 23.4 Å². The highest BCUT2D eigenvalue weighted by molar-refractivity contribution is 7.98. The molecule has 6 heteroatoms. The highest BCUT2D eigenvalue weighted by atomic mass is 32.2. The summed E-state index contributed by atoms with van der Waals surface area (Å²) in [4.78, 5) is 12.1. The first-order chi connectivity index (χ1) is 9.61. The number of anilines is 1. The number of nitrogen functional groups attached to an aromatic ring is 1. The molecule has 3 N–H and O–H groups in total. The van der Waals surface area contributed by atoms with E-state index < -0.39 is 0 Å². The number of aromatic nitrogens is 2. The van der Waals surface area contributed by atoms with Crippen LogP contribution in [0, 0.1) is 0 Å². The molecule has 1 rings (SSSR count). The quantitative estimate of drug-likeness (QED) is 0.686. The second-order valence-electron chi connectivity index (χ2n) is 4.85. The lowest BCUT2D eigenvalue weighted by atomic mass is 10.2. The summed E-state index contributed by atoms with van der Waals surface area (Å²) >= 11 is 1.88. The maximum absolute atomic E-state index is 12.1. The normalized spacial score (nSPS) is 10.8. The van der Waals surface area contributed by atoms with Gasteiger partial charge in [-0.25, -0.2) is 0 Å². The van der Waals surface area contributed by atoms with Crippen LogP contribution < -0.4 is 11.1 Å². The molecule has 0 spiro atoms. The summed E-state index contributed by atoms with van der Waals surface area (Å²) < 4.78 is 1.57. The highest BCUT2D eigenvalue weighted by Gasteiger charge is 2.18. The molecule has 1 aromatic heterocycles. The van der Waals surface area contributed by atoms with Gasteiger partial charge in [-0.2, -0.15) is 16.9 Å². The SMILES string of the molecule is CCc1nn(C)c(C(=O)NCCCCCCSC)c1N. The van der Waals surface area contributed by atoms with E-state index in [1.165, 1.54) is 18.6 Å². The van der Waals surface area contributed by atoms with Crippen molar-refractivity contribution in [2.45, 2.75) is 39.0 Å². The molecule has 1 heterocycles. The maximum Gasteiger partial charge on any atom is 0.271 e. The lowest BCUT2D eigenvalue weighted by Crippen LogP contribution is -2.27.